The molecule has 2 aromatic rings. The predicted molar refractivity (Wildman–Crippen MR) is 117 cm³/mol. The molecule has 0 radical (unpaired) electrons. The number of fused-ring (bicyclic) bond motifs is 4. The molecule has 1 saturated heterocycles. The van der Waals surface area contributed by atoms with E-state index in [4.69, 9.17) is 16.7 Å². The molecule has 0 saturated carbocycles. The first-order chi connectivity index (χ1) is 13.5. The van der Waals surface area contributed by atoms with Crippen molar-refractivity contribution >= 4 is 50.5 Å². The number of hydrogen-bond donors (Lipinski definition) is 0. The van der Waals surface area contributed by atoms with Gasteiger partial charge in [0.1, 0.15) is 5.41 Å². The number of hydrazone groups is 1. The molecule has 3 heterocycles. The Morgan fingerprint density at radius 1 is 1.18 bits per heavy atom. The molecule has 0 bridgehead atoms. The molecule has 2 aromatic carbocycles. The van der Waals surface area contributed by atoms with Gasteiger partial charge in [0.25, 0.3) is 5.91 Å². The normalized spacial score (nSPS) is 26.3. The van der Waals surface area contributed by atoms with Crippen LogP contribution in [0.2, 0.25) is 5.02 Å². The van der Waals surface area contributed by atoms with Crippen LogP contribution < -0.4 is 9.91 Å². The van der Waals surface area contributed by atoms with Crippen molar-refractivity contribution in [3.05, 3.63) is 57.5 Å². The summed E-state index contributed by atoms with van der Waals surface area (Å²) in [5.41, 5.74) is 3.56. The van der Waals surface area contributed by atoms with E-state index in [2.05, 4.69) is 39.0 Å². The summed E-state index contributed by atoms with van der Waals surface area (Å²) in [6.45, 7) is 3.01. The molecule has 3 aliphatic rings. The van der Waals surface area contributed by atoms with E-state index in [1.165, 1.54) is 11.3 Å². The number of piperidine rings is 1. The van der Waals surface area contributed by atoms with Gasteiger partial charge < -0.3 is 4.90 Å². The maximum absolute atomic E-state index is 13.9. The lowest BCUT2D eigenvalue weighted by molar-refractivity contribution is -0.125. The minimum atomic E-state index is -0.603. The third-order valence-electron chi connectivity index (χ3n) is 6.43. The number of halogens is 2. The van der Waals surface area contributed by atoms with Gasteiger partial charge in [0.05, 0.1) is 11.4 Å². The Balaban J connectivity index is 1.63. The molecule has 0 aliphatic carbocycles. The number of anilines is 2. The van der Waals surface area contributed by atoms with Crippen LogP contribution in [0.1, 0.15) is 31.7 Å². The smallest absolute Gasteiger partial charge is 0.261 e. The zero-order valence-electron chi connectivity index (χ0n) is 15.7. The van der Waals surface area contributed by atoms with Crippen molar-refractivity contribution in [1.82, 2.24) is 0 Å². The topological polar surface area (TPSA) is 35.9 Å². The lowest BCUT2D eigenvalue weighted by Crippen LogP contribution is -2.61. The molecule has 28 heavy (non-hydrogen) atoms. The second-order valence-corrected chi connectivity index (χ2v) is 9.26. The Labute approximate surface area is 178 Å². The Hall–Kier alpha value is -1.85. The Bertz CT molecular complexity index is 990. The van der Waals surface area contributed by atoms with E-state index in [0.717, 1.165) is 41.7 Å². The van der Waals surface area contributed by atoms with Gasteiger partial charge in [-0.2, -0.15) is 10.1 Å². The highest BCUT2D eigenvalue weighted by Gasteiger charge is 2.59. The van der Waals surface area contributed by atoms with E-state index in [1.807, 2.05) is 19.1 Å². The van der Waals surface area contributed by atoms with Crippen molar-refractivity contribution in [3.8, 4) is 0 Å². The fraction of sp³-hybridized carbons (Fsp3) is 0.364. The minimum absolute atomic E-state index is 0.0786. The molecule has 0 unspecified atom stereocenters. The molecule has 1 fully saturated rings. The lowest BCUT2D eigenvalue weighted by atomic mass is 9.66. The summed E-state index contributed by atoms with van der Waals surface area (Å²) in [7, 11) is 0. The number of hydrogen-bond acceptors (Lipinski definition) is 3. The van der Waals surface area contributed by atoms with Gasteiger partial charge in [-0.25, -0.2) is 0 Å². The second kappa shape index (κ2) is 6.60. The Morgan fingerprint density at radius 2 is 1.96 bits per heavy atom. The summed E-state index contributed by atoms with van der Waals surface area (Å²) in [6, 6.07) is 13.9. The summed E-state index contributed by atoms with van der Waals surface area (Å²) < 4.78 is 1.05. The van der Waals surface area contributed by atoms with Crippen LogP contribution in [-0.2, 0) is 11.2 Å². The van der Waals surface area contributed by atoms with Crippen molar-refractivity contribution in [3.63, 3.8) is 0 Å². The molecule has 0 aromatic heterocycles. The molecular weight excluding hydrogens is 438 g/mol. The van der Waals surface area contributed by atoms with Gasteiger partial charge in [0, 0.05) is 27.8 Å². The molecule has 144 valence electrons. The maximum atomic E-state index is 13.9. The van der Waals surface area contributed by atoms with Gasteiger partial charge in [0.15, 0.2) is 0 Å². The third kappa shape index (κ3) is 2.56. The second-order valence-electron chi connectivity index (χ2n) is 7.90. The van der Waals surface area contributed by atoms with Crippen LogP contribution >= 0.6 is 27.5 Å². The largest absolute Gasteiger partial charge is 0.367 e. The first kappa shape index (κ1) is 18.2. The van der Waals surface area contributed by atoms with Crippen molar-refractivity contribution in [2.24, 2.45) is 10.5 Å². The highest BCUT2D eigenvalue weighted by molar-refractivity contribution is 9.10. The van der Waals surface area contributed by atoms with Crippen LogP contribution in [0.25, 0.3) is 0 Å². The average molecular weight is 459 g/mol. The van der Waals surface area contributed by atoms with Gasteiger partial charge in [-0.1, -0.05) is 27.5 Å². The summed E-state index contributed by atoms with van der Waals surface area (Å²) in [4.78, 5) is 16.3. The van der Waals surface area contributed by atoms with Crippen molar-refractivity contribution in [2.75, 3.05) is 16.5 Å². The lowest BCUT2D eigenvalue weighted by Gasteiger charge is -2.51. The van der Waals surface area contributed by atoms with Gasteiger partial charge in [-0.05, 0) is 80.6 Å². The van der Waals surface area contributed by atoms with E-state index >= 15 is 0 Å². The van der Waals surface area contributed by atoms with E-state index in [9.17, 15) is 4.79 Å². The molecular formula is C22H21BrClN3O. The summed E-state index contributed by atoms with van der Waals surface area (Å²) >= 11 is 9.64. The van der Waals surface area contributed by atoms with Crippen molar-refractivity contribution in [2.45, 2.75) is 38.6 Å². The number of amides is 1. The van der Waals surface area contributed by atoms with Gasteiger partial charge in [0.2, 0.25) is 0 Å². The Kier molecular flexibility index (Phi) is 4.29. The highest BCUT2D eigenvalue weighted by Crippen LogP contribution is 2.50. The average Bonchev–Trinajstić information content (AvgIpc) is 2.94. The molecule has 1 amide bonds. The SMILES string of the molecule is CC1=NN(c2ccc(Cl)cc2)C(=O)[C@@]12Cc1cc(Br)ccc1N1CCCC[C@H]12. The highest BCUT2D eigenvalue weighted by atomic mass is 79.9. The first-order valence-electron chi connectivity index (χ1n) is 9.71. The van der Waals surface area contributed by atoms with Crippen molar-refractivity contribution in [1.29, 1.82) is 0 Å². The van der Waals surface area contributed by atoms with Crippen LogP contribution in [0, 0.1) is 5.41 Å². The van der Waals surface area contributed by atoms with Crippen LogP contribution in [0.4, 0.5) is 11.4 Å². The third-order valence-corrected chi connectivity index (χ3v) is 7.18. The van der Waals surface area contributed by atoms with Crippen LogP contribution in [0.3, 0.4) is 0 Å². The van der Waals surface area contributed by atoms with E-state index in [-0.39, 0.29) is 11.9 Å². The van der Waals surface area contributed by atoms with Gasteiger partial charge in [-0.15, -0.1) is 0 Å². The fourth-order valence-corrected chi connectivity index (χ4v) is 5.63. The Morgan fingerprint density at radius 3 is 2.75 bits per heavy atom. The number of carbonyl (C=O) groups is 1. The molecule has 1 spiro atoms. The van der Waals surface area contributed by atoms with Gasteiger partial charge in [-0.3, -0.25) is 4.79 Å². The van der Waals surface area contributed by atoms with Crippen LogP contribution in [0.5, 0.6) is 0 Å². The van der Waals surface area contributed by atoms with Crippen LogP contribution in [0.15, 0.2) is 52.0 Å². The molecule has 5 rings (SSSR count). The van der Waals surface area contributed by atoms with Gasteiger partial charge >= 0.3 is 0 Å². The number of nitrogens with zero attached hydrogens (tertiary/aromatic N) is 3. The van der Waals surface area contributed by atoms with E-state index in [0.29, 0.717) is 11.4 Å². The van der Waals surface area contributed by atoms with Crippen LogP contribution in [-0.4, -0.2) is 24.2 Å². The molecule has 6 heteroatoms. The monoisotopic (exact) mass is 457 g/mol. The quantitative estimate of drug-likeness (QED) is 0.571. The first-order valence-corrected chi connectivity index (χ1v) is 10.9. The summed E-state index contributed by atoms with van der Waals surface area (Å²) in [5, 5.41) is 6.99. The maximum Gasteiger partial charge on any atom is 0.261 e. The molecule has 2 atom stereocenters. The number of rotatable bonds is 1. The summed E-state index contributed by atoms with van der Waals surface area (Å²) in [5.74, 6) is 0.0786. The van der Waals surface area contributed by atoms with E-state index in [1.54, 1.807) is 17.1 Å². The minimum Gasteiger partial charge on any atom is -0.367 e. The summed E-state index contributed by atoms with van der Waals surface area (Å²) in [6.07, 6.45) is 4.02. The molecule has 0 N–H and O–H groups in total. The molecule has 3 aliphatic heterocycles. The standard InChI is InChI=1S/C22H21BrClN3O/c1-14-22(21(28)27(25-14)18-8-6-17(24)7-9-18)13-15-12-16(23)5-10-19(15)26-11-3-2-4-20(22)26/h5-10,12,20H,2-4,11,13H2,1H3/t20-,22-/m0/s1. The zero-order chi connectivity index (χ0) is 19.5. The fourth-order valence-electron chi connectivity index (χ4n) is 5.10. The number of benzene rings is 2. The molecule has 4 nitrogen and oxygen atoms in total. The predicted octanol–water partition coefficient (Wildman–Crippen LogP) is 5.43. The van der Waals surface area contributed by atoms with E-state index < -0.39 is 5.41 Å². The zero-order valence-corrected chi connectivity index (χ0v) is 18.0. The number of carbonyl (C=O) groups excluding carboxylic acids is 1. The van der Waals surface area contributed by atoms with Crippen molar-refractivity contribution < 1.29 is 4.79 Å².